The van der Waals surface area contributed by atoms with Gasteiger partial charge in [-0.1, -0.05) is 29.8 Å². The summed E-state index contributed by atoms with van der Waals surface area (Å²) in [6.07, 6.45) is 1.35. The second-order valence-electron chi connectivity index (χ2n) is 3.97. The van der Waals surface area contributed by atoms with Crippen LogP contribution in [0.5, 0.6) is 0 Å². The van der Waals surface area contributed by atoms with Crippen molar-refractivity contribution < 1.29 is 9.72 Å². The van der Waals surface area contributed by atoms with E-state index in [1.54, 1.807) is 0 Å². The number of nitrogens with zero attached hydrogens (tertiary/aromatic N) is 2. The van der Waals surface area contributed by atoms with E-state index in [2.05, 4.69) is 10.3 Å². The van der Waals surface area contributed by atoms with Gasteiger partial charge in [-0.2, -0.15) is 0 Å². The first-order valence-electron chi connectivity index (χ1n) is 5.50. The van der Waals surface area contributed by atoms with Gasteiger partial charge < -0.3 is 5.32 Å². The van der Waals surface area contributed by atoms with Crippen molar-refractivity contribution in [2.45, 2.75) is 13.3 Å². The van der Waals surface area contributed by atoms with E-state index in [4.69, 9.17) is 0 Å². The van der Waals surface area contributed by atoms with E-state index in [9.17, 15) is 14.9 Å². The molecule has 0 unspecified atom stereocenters. The lowest BCUT2D eigenvalue weighted by atomic mass is 10.1. The molecule has 0 aliphatic heterocycles. The number of thiazole rings is 1. The van der Waals surface area contributed by atoms with E-state index in [0.29, 0.717) is 0 Å². The number of benzene rings is 1. The maximum atomic E-state index is 11.8. The quantitative estimate of drug-likeness (QED) is 0.687. The molecule has 6 nitrogen and oxygen atoms in total. The van der Waals surface area contributed by atoms with Crippen LogP contribution in [0.1, 0.15) is 11.1 Å². The normalized spacial score (nSPS) is 10.2. The molecule has 0 aliphatic carbocycles. The zero-order valence-electron chi connectivity index (χ0n) is 10.1. The van der Waals surface area contributed by atoms with Gasteiger partial charge in [0.1, 0.15) is 6.20 Å². The third-order valence-electron chi connectivity index (χ3n) is 2.37. The summed E-state index contributed by atoms with van der Waals surface area (Å²) >= 11 is 0.841. The molecular formula is C12H11N3O3S. The zero-order valence-corrected chi connectivity index (χ0v) is 10.9. The minimum absolute atomic E-state index is 0.0918. The number of aromatic nitrogens is 1. The van der Waals surface area contributed by atoms with Crippen molar-refractivity contribution in [2.24, 2.45) is 0 Å². The van der Waals surface area contributed by atoms with Crippen LogP contribution in [-0.4, -0.2) is 15.8 Å². The number of amides is 1. The summed E-state index contributed by atoms with van der Waals surface area (Å²) in [7, 11) is 0. The van der Waals surface area contributed by atoms with Gasteiger partial charge in [0.15, 0.2) is 5.13 Å². The summed E-state index contributed by atoms with van der Waals surface area (Å²) in [5.74, 6) is -0.241. The predicted octanol–water partition coefficient (Wildman–Crippen LogP) is 2.54. The average molecular weight is 277 g/mol. The molecule has 0 atom stereocenters. The smallest absolute Gasteiger partial charge is 0.302 e. The Hall–Kier alpha value is -2.28. The molecule has 0 aliphatic rings. The van der Waals surface area contributed by atoms with Gasteiger partial charge in [-0.25, -0.2) is 4.98 Å². The van der Waals surface area contributed by atoms with Crippen LogP contribution in [0, 0.1) is 17.0 Å². The van der Waals surface area contributed by atoms with Crippen LogP contribution in [0.15, 0.2) is 30.5 Å². The maximum Gasteiger partial charge on any atom is 0.345 e. The summed E-state index contributed by atoms with van der Waals surface area (Å²) < 4.78 is 0. The summed E-state index contributed by atoms with van der Waals surface area (Å²) in [5.41, 5.74) is 1.97. The van der Waals surface area contributed by atoms with E-state index in [1.165, 1.54) is 0 Å². The van der Waals surface area contributed by atoms with Gasteiger partial charge >= 0.3 is 5.00 Å². The van der Waals surface area contributed by atoms with Gasteiger partial charge in [-0.15, -0.1) is 0 Å². The van der Waals surface area contributed by atoms with Gasteiger partial charge in [0, 0.05) is 0 Å². The number of anilines is 1. The van der Waals surface area contributed by atoms with Crippen LogP contribution in [0.2, 0.25) is 0 Å². The fourth-order valence-electron chi connectivity index (χ4n) is 1.58. The van der Waals surface area contributed by atoms with Gasteiger partial charge in [0.2, 0.25) is 5.91 Å². The van der Waals surface area contributed by atoms with Crippen molar-refractivity contribution in [3.8, 4) is 0 Å². The van der Waals surface area contributed by atoms with E-state index in [0.717, 1.165) is 28.7 Å². The average Bonchev–Trinajstić information content (AvgIpc) is 2.77. The topological polar surface area (TPSA) is 85.1 Å². The Kier molecular flexibility index (Phi) is 3.86. The minimum atomic E-state index is -0.534. The fraction of sp³-hybridized carbons (Fsp3) is 0.167. The van der Waals surface area contributed by atoms with Gasteiger partial charge in [0.05, 0.1) is 11.3 Å². The lowest BCUT2D eigenvalue weighted by molar-refractivity contribution is -0.380. The molecule has 0 fully saturated rings. The predicted molar refractivity (Wildman–Crippen MR) is 72.3 cm³/mol. The van der Waals surface area contributed by atoms with Crippen molar-refractivity contribution in [3.63, 3.8) is 0 Å². The summed E-state index contributed by atoms with van der Waals surface area (Å²) in [5, 5.41) is 13.2. The largest absolute Gasteiger partial charge is 0.345 e. The number of hydrogen-bond donors (Lipinski definition) is 1. The first-order chi connectivity index (χ1) is 9.04. The van der Waals surface area contributed by atoms with E-state index < -0.39 is 4.92 Å². The van der Waals surface area contributed by atoms with Gasteiger partial charge in [-0.05, 0) is 23.8 Å². The first kappa shape index (κ1) is 13.2. The first-order valence-corrected chi connectivity index (χ1v) is 6.32. The molecule has 0 bridgehead atoms. The highest BCUT2D eigenvalue weighted by Crippen LogP contribution is 2.24. The van der Waals surface area contributed by atoms with Crippen LogP contribution < -0.4 is 5.32 Å². The lowest BCUT2D eigenvalue weighted by Crippen LogP contribution is -2.14. The van der Waals surface area contributed by atoms with Crippen molar-refractivity contribution in [3.05, 3.63) is 51.7 Å². The third-order valence-corrected chi connectivity index (χ3v) is 3.23. The molecule has 0 spiro atoms. The Morgan fingerprint density at radius 3 is 2.95 bits per heavy atom. The molecule has 2 rings (SSSR count). The van der Waals surface area contributed by atoms with Crippen LogP contribution >= 0.6 is 11.3 Å². The highest BCUT2D eigenvalue weighted by Gasteiger charge is 2.13. The lowest BCUT2D eigenvalue weighted by Gasteiger charge is -2.02. The molecule has 0 saturated heterocycles. The number of hydrogen-bond acceptors (Lipinski definition) is 5. The van der Waals surface area contributed by atoms with Crippen molar-refractivity contribution in [2.75, 3.05) is 5.32 Å². The third kappa shape index (κ3) is 3.59. The number of nitrogens with one attached hydrogen (secondary N) is 1. The molecule has 1 N–H and O–H groups in total. The Morgan fingerprint density at radius 1 is 1.53 bits per heavy atom. The fourth-order valence-corrected chi connectivity index (χ4v) is 2.23. The maximum absolute atomic E-state index is 11.8. The van der Waals surface area contributed by atoms with E-state index in [1.807, 2.05) is 31.2 Å². The highest BCUT2D eigenvalue weighted by atomic mass is 32.1. The van der Waals surface area contributed by atoms with E-state index >= 15 is 0 Å². The molecule has 2 aromatic rings. The number of nitro groups is 1. The molecule has 0 saturated carbocycles. The Morgan fingerprint density at radius 2 is 2.32 bits per heavy atom. The molecule has 19 heavy (non-hydrogen) atoms. The van der Waals surface area contributed by atoms with E-state index in [-0.39, 0.29) is 22.5 Å². The van der Waals surface area contributed by atoms with Crippen molar-refractivity contribution >= 4 is 27.4 Å². The molecule has 1 aromatic heterocycles. The summed E-state index contributed by atoms with van der Waals surface area (Å²) in [4.78, 5) is 25.5. The number of carbonyl (C=O) groups excluding carboxylic acids is 1. The van der Waals surface area contributed by atoms with Crippen LogP contribution in [0.25, 0.3) is 0 Å². The second kappa shape index (κ2) is 5.57. The molecule has 1 heterocycles. The molecule has 1 amide bonds. The second-order valence-corrected chi connectivity index (χ2v) is 4.98. The summed E-state index contributed by atoms with van der Waals surface area (Å²) in [6, 6.07) is 7.61. The summed E-state index contributed by atoms with van der Waals surface area (Å²) in [6.45, 7) is 1.95. The molecular weight excluding hydrogens is 266 g/mol. The Labute approximate surface area is 113 Å². The number of rotatable bonds is 4. The van der Waals surface area contributed by atoms with Gasteiger partial charge in [-0.3, -0.25) is 14.9 Å². The zero-order chi connectivity index (χ0) is 13.8. The highest BCUT2D eigenvalue weighted by molar-refractivity contribution is 7.18. The van der Waals surface area contributed by atoms with Crippen LogP contribution in [-0.2, 0) is 11.2 Å². The van der Waals surface area contributed by atoms with Crippen LogP contribution in [0.4, 0.5) is 10.1 Å². The Bertz CT molecular complexity index is 624. The van der Waals surface area contributed by atoms with Gasteiger partial charge in [0.25, 0.3) is 0 Å². The Balaban J connectivity index is 1.99. The minimum Gasteiger partial charge on any atom is -0.302 e. The van der Waals surface area contributed by atoms with Crippen molar-refractivity contribution in [1.82, 2.24) is 4.98 Å². The molecule has 98 valence electrons. The standard InChI is InChI=1S/C12H11N3O3S/c1-8-3-2-4-9(5-8)6-10(16)14-12-13-7-11(19-12)15(17)18/h2-5,7H,6H2,1H3,(H,13,14,16). The van der Waals surface area contributed by atoms with Crippen LogP contribution in [0.3, 0.4) is 0 Å². The van der Waals surface area contributed by atoms with Crippen molar-refractivity contribution in [1.29, 1.82) is 0 Å². The molecule has 7 heteroatoms. The SMILES string of the molecule is Cc1cccc(CC(=O)Nc2ncc([N+](=O)[O-])s2)c1. The monoisotopic (exact) mass is 277 g/mol. The number of carbonyl (C=O) groups is 1. The molecule has 1 aromatic carbocycles. The number of aryl methyl sites for hydroxylation is 1. The molecule has 0 radical (unpaired) electrons.